The predicted octanol–water partition coefficient (Wildman–Crippen LogP) is 0.896. The molecule has 0 N–H and O–H groups in total. The lowest BCUT2D eigenvalue weighted by molar-refractivity contribution is -0.304. The van der Waals surface area contributed by atoms with E-state index in [1.807, 2.05) is 6.07 Å². The molecule has 0 radical (unpaired) electrons. The molecule has 1 fully saturated rings. The summed E-state index contributed by atoms with van der Waals surface area (Å²) in [5.41, 5.74) is 0.781. The van der Waals surface area contributed by atoms with Crippen molar-refractivity contribution >= 4 is 23.9 Å². The third kappa shape index (κ3) is 6.26. The Bertz CT molecular complexity index is 762. The quantitative estimate of drug-likeness (QED) is 0.460. The monoisotopic (exact) mass is 424 g/mol. The summed E-state index contributed by atoms with van der Waals surface area (Å²) in [5.74, 6) is -3.11. The zero-order valence-corrected chi connectivity index (χ0v) is 17.1. The van der Waals surface area contributed by atoms with Crippen molar-refractivity contribution in [2.45, 2.75) is 58.1 Å². The van der Waals surface area contributed by atoms with Gasteiger partial charge in [0.2, 0.25) is 0 Å². The Morgan fingerprint density at radius 1 is 0.833 bits per heavy atom. The normalized spacial score (nSPS) is 25.7. The van der Waals surface area contributed by atoms with E-state index < -0.39 is 54.6 Å². The van der Waals surface area contributed by atoms with E-state index in [4.69, 9.17) is 28.4 Å². The molecule has 1 aliphatic rings. The first-order valence-corrected chi connectivity index (χ1v) is 9.13. The second kappa shape index (κ2) is 10.7. The van der Waals surface area contributed by atoms with Crippen LogP contribution >= 0.6 is 0 Å². The SMILES string of the molecule is COC(=O)[C@H]1O[C@@H](OCc2ccccc2)[C@H](OC(C)=O)[C@@H](OC(C)=O)[C@H]1OC(C)=O. The first-order chi connectivity index (χ1) is 14.2. The third-order valence-electron chi connectivity index (χ3n) is 4.09. The summed E-state index contributed by atoms with van der Waals surface area (Å²) in [5, 5.41) is 0. The summed E-state index contributed by atoms with van der Waals surface area (Å²) < 4.78 is 31.8. The first kappa shape index (κ1) is 23.3. The Morgan fingerprint density at radius 2 is 1.37 bits per heavy atom. The lowest BCUT2D eigenvalue weighted by atomic mass is 9.97. The summed E-state index contributed by atoms with van der Waals surface area (Å²) in [6.07, 6.45) is -6.88. The van der Waals surface area contributed by atoms with Crippen LogP contribution in [0.1, 0.15) is 26.3 Å². The largest absolute Gasteiger partial charge is 0.467 e. The third-order valence-corrected chi connectivity index (χ3v) is 4.09. The molecule has 0 unspecified atom stereocenters. The molecule has 0 spiro atoms. The van der Waals surface area contributed by atoms with Crippen molar-refractivity contribution in [3.63, 3.8) is 0 Å². The van der Waals surface area contributed by atoms with Crippen LogP contribution < -0.4 is 0 Å². The summed E-state index contributed by atoms with van der Waals surface area (Å²) in [7, 11) is 1.12. The summed E-state index contributed by atoms with van der Waals surface area (Å²) in [4.78, 5) is 47.3. The van der Waals surface area contributed by atoms with Crippen LogP contribution in [0.5, 0.6) is 0 Å². The fourth-order valence-corrected chi connectivity index (χ4v) is 2.97. The van der Waals surface area contributed by atoms with E-state index in [9.17, 15) is 19.2 Å². The summed E-state index contributed by atoms with van der Waals surface area (Å²) >= 11 is 0. The molecule has 0 aromatic heterocycles. The van der Waals surface area contributed by atoms with Crippen LogP contribution in [0.3, 0.4) is 0 Å². The number of carbonyl (C=O) groups excluding carboxylic acids is 4. The molecule has 164 valence electrons. The van der Waals surface area contributed by atoms with Crippen LogP contribution in [0.2, 0.25) is 0 Å². The van der Waals surface area contributed by atoms with Crippen molar-refractivity contribution in [2.75, 3.05) is 7.11 Å². The van der Waals surface area contributed by atoms with Crippen molar-refractivity contribution in [3.8, 4) is 0 Å². The van der Waals surface area contributed by atoms with E-state index in [1.54, 1.807) is 24.3 Å². The zero-order valence-electron chi connectivity index (χ0n) is 17.1. The minimum absolute atomic E-state index is 0.0438. The molecule has 10 heteroatoms. The van der Waals surface area contributed by atoms with E-state index in [2.05, 4.69) is 0 Å². The fourth-order valence-electron chi connectivity index (χ4n) is 2.97. The number of benzene rings is 1. The Balaban J connectivity index is 2.39. The van der Waals surface area contributed by atoms with Gasteiger partial charge < -0.3 is 28.4 Å². The molecule has 30 heavy (non-hydrogen) atoms. The van der Waals surface area contributed by atoms with Crippen molar-refractivity contribution in [1.29, 1.82) is 0 Å². The number of carbonyl (C=O) groups is 4. The van der Waals surface area contributed by atoms with Crippen LogP contribution in [-0.2, 0) is 54.2 Å². The van der Waals surface area contributed by atoms with Gasteiger partial charge in [-0.2, -0.15) is 0 Å². The highest BCUT2D eigenvalue weighted by Crippen LogP contribution is 2.30. The molecule has 0 aliphatic carbocycles. The minimum Gasteiger partial charge on any atom is -0.467 e. The maximum absolute atomic E-state index is 12.3. The van der Waals surface area contributed by atoms with E-state index in [-0.39, 0.29) is 6.61 Å². The molecule has 10 nitrogen and oxygen atoms in total. The summed E-state index contributed by atoms with van der Waals surface area (Å²) in [6, 6.07) is 9.04. The molecular weight excluding hydrogens is 400 g/mol. The Labute approximate surface area is 173 Å². The van der Waals surface area contributed by atoms with Gasteiger partial charge in [-0.1, -0.05) is 30.3 Å². The smallest absolute Gasteiger partial charge is 0.339 e. The molecule has 1 aromatic rings. The number of ether oxygens (including phenoxy) is 6. The van der Waals surface area contributed by atoms with Gasteiger partial charge in [-0.05, 0) is 5.56 Å². The molecule has 0 bridgehead atoms. The number of esters is 4. The van der Waals surface area contributed by atoms with E-state index in [1.165, 1.54) is 0 Å². The standard InChI is InChI=1S/C20H24O10/c1-11(21)27-15-16(28-12(2)22)18(29-13(3)23)20(30-17(15)19(24)25-4)26-10-14-8-6-5-7-9-14/h5-9,15-18,20H,10H2,1-4H3/t15-,16+,17+,18-,20-/m1/s1. The van der Waals surface area contributed by atoms with Crippen LogP contribution in [-0.4, -0.2) is 61.7 Å². The molecule has 0 saturated carbocycles. The van der Waals surface area contributed by atoms with Gasteiger partial charge in [0, 0.05) is 20.8 Å². The average Bonchev–Trinajstić information content (AvgIpc) is 2.68. The zero-order chi connectivity index (χ0) is 22.3. The second-order valence-corrected chi connectivity index (χ2v) is 6.47. The van der Waals surface area contributed by atoms with Gasteiger partial charge in [-0.25, -0.2) is 4.79 Å². The summed E-state index contributed by atoms with van der Waals surface area (Å²) in [6.45, 7) is 3.42. The molecule has 2 rings (SSSR count). The van der Waals surface area contributed by atoms with Gasteiger partial charge in [0.25, 0.3) is 0 Å². The van der Waals surface area contributed by atoms with Gasteiger partial charge in [-0.3, -0.25) is 14.4 Å². The van der Waals surface area contributed by atoms with Crippen molar-refractivity contribution in [2.24, 2.45) is 0 Å². The van der Waals surface area contributed by atoms with E-state index in [0.29, 0.717) is 0 Å². The highest BCUT2D eigenvalue weighted by Gasteiger charge is 2.55. The number of hydrogen-bond acceptors (Lipinski definition) is 10. The average molecular weight is 424 g/mol. The van der Waals surface area contributed by atoms with E-state index >= 15 is 0 Å². The van der Waals surface area contributed by atoms with Crippen molar-refractivity contribution < 1.29 is 47.6 Å². The molecule has 1 saturated heterocycles. The fraction of sp³-hybridized carbons (Fsp3) is 0.500. The van der Waals surface area contributed by atoms with E-state index in [0.717, 1.165) is 33.4 Å². The second-order valence-electron chi connectivity index (χ2n) is 6.47. The maximum Gasteiger partial charge on any atom is 0.339 e. The predicted molar refractivity (Wildman–Crippen MR) is 98.6 cm³/mol. The topological polar surface area (TPSA) is 124 Å². The van der Waals surface area contributed by atoms with Gasteiger partial charge in [0.15, 0.2) is 30.7 Å². The minimum atomic E-state index is -1.48. The highest BCUT2D eigenvalue weighted by molar-refractivity contribution is 5.77. The van der Waals surface area contributed by atoms with Crippen molar-refractivity contribution in [3.05, 3.63) is 35.9 Å². The Morgan fingerprint density at radius 3 is 1.90 bits per heavy atom. The van der Waals surface area contributed by atoms with Gasteiger partial charge in [-0.15, -0.1) is 0 Å². The lowest BCUT2D eigenvalue weighted by Gasteiger charge is -2.43. The lowest BCUT2D eigenvalue weighted by Crippen LogP contribution is -2.63. The van der Waals surface area contributed by atoms with Crippen LogP contribution in [0.25, 0.3) is 0 Å². The van der Waals surface area contributed by atoms with Crippen LogP contribution in [0.15, 0.2) is 30.3 Å². The number of methoxy groups -OCH3 is 1. The highest BCUT2D eigenvalue weighted by atomic mass is 16.7. The first-order valence-electron chi connectivity index (χ1n) is 9.13. The number of hydrogen-bond donors (Lipinski definition) is 0. The maximum atomic E-state index is 12.3. The van der Waals surface area contributed by atoms with Crippen LogP contribution in [0.4, 0.5) is 0 Å². The van der Waals surface area contributed by atoms with Gasteiger partial charge >= 0.3 is 23.9 Å². The Hall–Kier alpha value is -2.98. The molecule has 5 atom stereocenters. The molecular formula is C20H24O10. The molecule has 1 aliphatic heterocycles. The molecule has 1 heterocycles. The molecule has 0 amide bonds. The van der Waals surface area contributed by atoms with Crippen LogP contribution in [0, 0.1) is 0 Å². The Kier molecular flexibility index (Phi) is 8.31. The number of rotatable bonds is 7. The van der Waals surface area contributed by atoms with Gasteiger partial charge in [0.05, 0.1) is 13.7 Å². The molecule has 1 aromatic carbocycles. The van der Waals surface area contributed by atoms with Crippen molar-refractivity contribution in [1.82, 2.24) is 0 Å². The van der Waals surface area contributed by atoms with Gasteiger partial charge in [0.1, 0.15) is 0 Å².